The molecule has 2 aromatic carbocycles. The first-order chi connectivity index (χ1) is 15.0. The van der Waals surface area contributed by atoms with Crippen molar-refractivity contribution in [2.45, 2.75) is 58.9 Å². The summed E-state index contributed by atoms with van der Waals surface area (Å²) in [4.78, 5) is 30.3. The Labute approximate surface area is 194 Å². The Bertz CT molecular complexity index is 879. The first kappa shape index (κ1) is 23.5. The van der Waals surface area contributed by atoms with Gasteiger partial charge in [0.25, 0.3) is 5.91 Å². The van der Waals surface area contributed by atoms with Crippen LogP contribution < -0.4 is 4.90 Å². The first-order valence-corrected chi connectivity index (χ1v) is 12.2. The highest BCUT2D eigenvalue weighted by atomic mass is 79.9. The molecule has 3 rings (SSSR count). The zero-order valence-electron chi connectivity index (χ0n) is 18.6. The number of carbonyl (C=O) groups is 2. The molecule has 166 valence electrons. The number of benzene rings is 2. The molecule has 0 aromatic heterocycles. The molecule has 1 aliphatic rings. The lowest BCUT2D eigenvalue weighted by Crippen LogP contribution is -2.36. The SMILES string of the molecule is CC(C)CC(=O)N1CCCCCCCN(C(=O)c2ccc(Br)cc2)Cc2ccccc21. The van der Waals surface area contributed by atoms with Crippen molar-refractivity contribution >= 4 is 33.4 Å². The number of amides is 2. The molecule has 31 heavy (non-hydrogen) atoms. The number of para-hydroxylation sites is 1. The van der Waals surface area contributed by atoms with Gasteiger partial charge in [0.15, 0.2) is 0 Å². The maximum Gasteiger partial charge on any atom is 0.254 e. The Balaban J connectivity index is 1.93. The second-order valence-corrected chi connectivity index (χ2v) is 9.69. The summed E-state index contributed by atoms with van der Waals surface area (Å²) in [6, 6.07) is 15.6. The third kappa shape index (κ3) is 6.67. The van der Waals surface area contributed by atoms with Crippen molar-refractivity contribution in [1.82, 2.24) is 4.90 Å². The van der Waals surface area contributed by atoms with E-state index in [0.29, 0.717) is 24.4 Å². The molecule has 0 unspecified atom stereocenters. The van der Waals surface area contributed by atoms with Crippen molar-refractivity contribution in [3.8, 4) is 0 Å². The lowest BCUT2D eigenvalue weighted by atomic mass is 10.0. The van der Waals surface area contributed by atoms with Crippen molar-refractivity contribution in [3.05, 3.63) is 64.1 Å². The standard InChI is InChI=1S/C26H33BrN2O2/c1-20(2)18-25(30)29-17-9-5-3-4-8-16-28(19-22-10-6-7-11-24(22)29)26(31)21-12-14-23(27)15-13-21/h6-7,10-15,20H,3-5,8-9,16-19H2,1-2H3. The average Bonchev–Trinajstić information content (AvgIpc) is 2.73. The van der Waals surface area contributed by atoms with Crippen LogP contribution in [0.4, 0.5) is 5.69 Å². The summed E-state index contributed by atoms with van der Waals surface area (Å²) in [6.07, 6.45) is 5.89. The molecule has 1 heterocycles. The number of fused-ring (bicyclic) bond motifs is 1. The van der Waals surface area contributed by atoms with Gasteiger partial charge in [0.05, 0.1) is 0 Å². The molecule has 0 saturated heterocycles. The van der Waals surface area contributed by atoms with Crippen LogP contribution in [-0.2, 0) is 11.3 Å². The lowest BCUT2D eigenvalue weighted by molar-refractivity contribution is -0.119. The molecule has 0 spiro atoms. The minimum atomic E-state index is 0.0411. The van der Waals surface area contributed by atoms with E-state index >= 15 is 0 Å². The summed E-state index contributed by atoms with van der Waals surface area (Å²) in [7, 11) is 0. The van der Waals surface area contributed by atoms with Crippen LogP contribution in [0, 0.1) is 5.92 Å². The predicted molar refractivity (Wildman–Crippen MR) is 130 cm³/mol. The van der Waals surface area contributed by atoms with Gasteiger partial charge in [0.2, 0.25) is 5.91 Å². The van der Waals surface area contributed by atoms with Crippen LogP contribution in [0.5, 0.6) is 0 Å². The lowest BCUT2D eigenvalue weighted by Gasteiger charge is -2.30. The van der Waals surface area contributed by atoms with E-state index in [0.717, 1.165) is 60.9 Å². The highest BCUT2D eigenvalue weighted by Gasteiger charge is 2.23. The largest absolute Gasteiger partial charge is 0.334 e. The van der Waals surface area contributed by atoms with Gasteiger partial charge in [0.1, 0.15) is 0 Å². The molecule has 0 bridgehead atoms. The molecule has 2 amide bonds. The molecular weight excluding hydrogens is 452 g/mol. The van der Waals surface area contributed by atoms with Gasteiger partial charge in [0, 0.05) is 41.8 Å². The van der Waals surface area contributed by atoms with Crippen LogP contribution in [0.15, 0.2) is 53.0 Å². The molecule has 0 aliphatic carbocycles. The number of anilines is 1. The van der Waals surface area contributed by atoms with E-state index in [-0.39, 0.29) is 11.8 Å². The summed E-state index contributed by atoms with van der Waals surface area (Å²) < 4.78 is 0.961. The smallest absolute Gasteiger partial charge is 0.254 e. The van der Waals surface area contributed by atoms with E-state index in [1.807, 2.05) is 52.3 Å². The van der Waals surface area contributed by atoms with Gasteiger partial charge >= 0.3 is 0 Å². The van der Waals surface area contributed by atoms with Crippen molar-refractivity contribution in [2.24, 2.45) is 5.92 Å². The van der Waals surface area contributed by atoms with Gasteiger partial charge in [-0.3, -0.25) is 9.59 Å². The number of carbonyl (C=O) groups excluding carboxylic acids is 2. The zero-order chi connectivity index (χ0) is 22.2. The number of rotatable bonds is 3. The second kappa shape index (κ2) is 11.5. The molecular formula is C26H33BrN2O2. The highest BCUT2D eigenvalue weighted by Crippen LogP contribution is 2.26. The molecule has 2 aromatic rings. The molecule has 0 fully saturated rings. The zero-order valence-corrected chi connectivity index (χ0v) is 20.2. The van der Waals surface area contributed by atoms with Crippen molar-refractivity contribution in [1.29, 1.82) is 0 Å². The Morgan fingerprint density at radius 2 is 1.55 bits per heavy atom. The molecule has 0 radical (unpaired) electrons. The van der Waals surface area contributed by atoms with Gasteiger partial charge in [-0.05, 0) is 54.7 Å². The number of halogens is 1. The van der Waals surface area contributed by atoms with Gasteiger partial charge in [-0.1, -0.05) is 67.2 Å². The Morgan fingerprint density at radius 3 is 2.26 bits per heavy atom. The maximum absolute atomic E-state index is 13.3. The van der Waals surface area contributed by atoms with Crippen LogP contribution in [0.3, 0.4) is 0 Å². The van der Waals surface area contributed by atoms with Crippen LogP contribution in [0.1, 0.15) is 68.3 Å². The van der Waals surface area contributed by atoms with Crippen LogP contribution in [0.25, 0.3) is 0 Å². The summed E-state index contributed by atoms with van der Waals surface area (Å²) in [5, 5.41) is 0. The van der Waals surface area contributed by atoms with Crippen molar-refractivity contribution in [2.75, 3.05) is 18.0 Å². The van der Waals surface area contributed by atoms with Gasteiger partial charge < -0.3 is 9.80 Å². The van der Waals surface area contributed by atoms with Crippen LogP contribution in [-0.4, -0.2) is 29.8 Å². The molecule has 5 heteroatoms. The summed E-state index contributed by atoms with van der Waals surface area (Å²) in [5.41, 5.74) is 2.67. The summed E-state index contributed by atoms with van der Waals surface area (Å²) in [5.74, 6) is 0.529. The minimum Gasteiger partial charge on any atom is -0.334 e. The average molecular weight is 485 g/mol. The van der Waals surface area contributed by atoms with Crippen LogP contribution in [0.2, 0.25) is 0 Å². The summed E-state index contributed by atoms with van der Waals surface area (Å²) >= 11 is 3.44. The van der Waals surface area contributed by atoms with Gasteiger partial charge in [-0.25, -0.2) is 0 Å². The van der Waals surface area contributed by atoms with Crippen LogP contribution >= 0.6 is 15.9 Å². The van der Waals surface area contributed by atoms with E-state index in [4.69, 9.17) is 0 Å². The summed E-state index contributed by atoms with van der Waals surface area (Å²) in [6.45, 7) is 6.14. The molecule has 0 N–H and O–H groups in total. The maximum atomic E-state index is 13.3. The Morgan fingerprint density at radius 1 is 0.903 bits per heavy atom. The topological polar surface area (TPSA) is 40.6 Å². The van der Waals surface area contributed by atoms with E-state index in [2.05, 4.69) is 35.8 Å². The highest BCUT2D eigenvalue weighted by molar-refractivity contribution is 9.10. The second-order valence-electron chi connectivity index (χ2n) is 8.77. The minimum absolute atomic E-state index is 0.0411. The number of nitrogens with zero attached hydrogens (tertiary/aromatic N) is 2. The third-order valence-corrected chi connectivity index (χ3v) is 6.24. The van der Waals surface area contributed by atoms with E-state index in [9.17, 15) is 9.59 Å². The Hall–Kier alpha value is -2.14. The molecule has 0 saturated carbocycles. The first-order valence-electron chi connectivity index (χ1n) is 11.4. The fourth-order valence-corrected chi connectivity index (χ4v) is 4.35. The van der Waals surface area contributed by atoms with Gasteiger partial charge in [-0.15, -0.1) is 0 Å². The quantitative estimate of drug-likeness (QED) is 0.503. The monoisotopic (exact) mass is 484 g/mol. The molecule has 4 nitrogen and oxygen atoms in total. The molecule has 1 aliphatic heterocycles. The normalized spacial score (nSPS) is 15.7. The number of hydrogen-bond donors (Lipinski definition) is 0. The third-order valence-electron chi connectivity index (χ3n) is 5.72. The molecule has 0 atom stereocenters. The fraction of sp³-hybridized carbons (Fsp3) is 0.462. The van der Waals surface area contributed by atoms with E-state index in [1.165, 1.54) is 0 Å². The van der Waals surface area contributed by atoms with E-state index < -0.39 is 0 Å². The van der Waals surface area contributed by atoms with Gasteiger partial charge in [-0.2, -0.15) is 0 Å². The number of hydrogen-bond acceptors (Lipinski definition) is 2. The predicted octanol–water partition coefficient (Wildman–Crippen LogP) is 6.43. The van der Waals surface area contributed by atoms with E-state index in [1.54, 1.807) is 0 Å². The Kier molecular flexibility index (Phi) is 8.70. The van der Waals surface area contributed by atoms with Crippen molar-refractivity contribution in [3.63, 3.8) is 0 Å². The van der Waals surface area contributed by atoms with Crippen molar-refractivity contribution < 1.29 is 9.59 Å². The fourth-order valence-electron chi connectivity index (χ4n) is 4.08.